The summed E-state index contributed by atoms with van der Waals surface area (Å²) in [5.41, 5.74) is 2.73. The first-order chi connectivity index (χ1) is 10.2. The van der Waals surface area contributed by atoms with Gasteiger partial charge in [-0.15, -0.1) is 0 Å². The van der Waals surface area contributed by atoms with Crippen LogP contribution >= 0.6 is 11.6 Å². The third-order valence-electron chi connectivity index (χ3n) is 3.63. The number of halogens is 1. The van der Waals surface area contributed by atoms with Gasteiger partial charge in [0.25, 0.3) is 0 Å². The number of pyridine rings is 1. The molecule has 1 unspecified atom stereocenters. The van der Waals surface area contributed by atoms with Gasteiger partial charge in [-0.2, -0.15) is 0 Å². The Morgan fingerprint density at radius 2 is 2.33 bits per heavy atom. The van der Waals surface area contributed by atoms with Crippen LogP contribution in [0.15, 0.2) is 30.6 Å². The topological polar surface area (TPSA) is 51.6 Å². The zero-order valence-corrected chi connectivity index (χ0v) is 12.4. The zero-order chi connectivity index (χ0) is 14.8. The second-order valence-corrected chi connectivity index (χ2v) is 5.43. The van der Waals surface area contributed by atoms with Crippen LogP contribution in [0.1, 0.15) is 22.8 Å². The Morgan fingerprint density at radius 1 is 1.48 bits per heavy atom. The number of fused-ring (bicyclic) bond motifs is 1. The molecule has 1 N–H and O–H groups in total. The number of aliphatic hydroxyl groups excluding tert-OH is 1. The van der Waals surface area contributed by atoms with E-state index in [9.17, 15) is 5.11 Å². The molecular formula is C16H16ClNO3. The van der Waals surface area contributed by atoms with Crippen molar-refractivity contribution >= 4 is 11.6 Å². The van der Waals surface area contributed by atoms with Crippen molar-refractivity contribution in [1.29, 1.82) is 0 Å². The van der Waals surface area contributed by atoms with Gasteiger partial charge in [0.15, 0.2) is 0 Å². The average molecular weight is 306 g/mol. The smallest absolute Gasteiger partial charge is 0.142 e. The minimum Gasteiger partial charge on any atom is -0.495 e. The molecule has 21 heavy (non-hydrogen) atoms. The molecule has 1 aliphatic rings. The maximum absolute atomic E-state index is 10.5. The Bertz CT molecular complexity index is 660. The summed E-state index contributed by atoms with van der Waals surface area (Å²) >= 11 is 6.14. The van der Waals surface area contributed by atoms with E-state index in [1.165, 1.54) is 0 Å². The maximum Gasteiger partial charge on any atom is 0.142 e. The number of hydrogen-bond acceptors (Lipinski definition) is 4. The zero-order valence-electron chi connectivity index (χ0n) is 11.7. The van der Waals surface area contributed by atoms with E-state index in [0.717, 1.165) is 23.3 Å². The van der Waals surface area contributed by atoms with Crippen molar-refractivity contribution in [3.05, 3.63) is 52.3 Å². The molecule has 0 saturated heterocycles. The molecule has 3 rings (SSSR count). The summed E-state index contributed by atoms with van der Waals surface area (Å²) in [5.74, 6) is 1.43. The molecule has 1 atom stereocenters. The van der Waals surface area contributed by atoms with Gasteiger partial charge < -0.3 is 14.6 Å². The first-order valence-electron chi connectivity index (χ1n) is 6.79. The van der Waals surface area contributed by atoms with Crippen LogP contribution in [-0.4, -0.2) is 23.8 Å². The predicted molar refractivity (Wildman–Crippen MR) is 80.1 cm³/mol. The Hall–Kier alpha value is -1.78. The monoisotopic (exact) mass is 305 g/mol. The molecule has 0 aliphatic carbocycles. The number of benzene rings is 1. The third kappa shape index (κ3) is 2.82. The maximum atomic E-state index is 10.5. The lowest BCUT2D eigenvalue weighted by atomic mass is 9.99. The number of hydrogen-bond donors (Lipinski definition) is 1. The largest absolute Gasteiger partial charge is 0.495 e. The minimum absolute atomic E-state index is 0.420. The van der Waals surface area contributed by atoms with Gasteiger partial charge in [-0.3, -0.25) is 4.98 Å². The van der Waals surface area contributed by atoms with E-state index < -0.39 is 6.10 Å². The number of aromatic nitrogens is 1. The number of nitrogens with zero attached hydrogens (tertiary/aromatic N) is 1. The first-order valence-corrected chi connectivity index (χ1v) is 7.17. The van der Waals surface area contributed by atoms with E-state index in [0.29, 0.717) is 29.4 Å². The van der Waals surface area contributed by atoms with Gasteiger partial charge in [0.05, 0.1) is 26.0 Å². The van der Waals surface area contributed by atoms with Crippen molar-refractivity contribution in [3.63, 3.8) is 0 Å². The fourth-order valence-electron chi connectivity index (χ4n) is 2.65. The SMILES string of the molecule is COc1cnccc1C(O)Cc1cc(Cl)cc2c1OCC2. The average Bonchev–Trinajstić information content (AvgIpc) is 2.95. The van der Waals surface area contributed by atoms with Gasteiger partial charge in [0.1, 0.15) is 11.5 Å². The molecule has 0 saturated carbocycles. The molecule has 5 heteroatoms. The number of aliphatic hydroxyl groups is 1. The van der Waals surface area contributed by atoms with Crippen molar-refractivity contribution in [2.45, 2.75) is 18.9 Å². The van der Waals surface area contributed by atoms with Crippen LogP contribution in [0, 0.1) is 0 Å². The van der Waals surface area contributed by atoms with Crippen molar-refractivity contribution in [2.75, 3.05) is 13.7 Å². The van der Waals surface area contributed by atoms with Gasteiger partial charge in [-0.25, -0.2) is 0 Å². The Balaban J connectivity index is 1.90. The molecule has 0 amide bonds. The molecule has 0 bridgehead atoms. The summed E-state index contributed by atoms with van der Waals surface area (Å²) in [6.07, 6.45) is 3.81. The van der Waals surface area contributed by atoms with E-state index in [1.54, 1.807) is 25.6 Å². The highest BCUT2D eigenvalue weighted by atomic mass is 35.5. The van der Waals surface area contributed by atoms with Crippen LogP contribution in [-0.2, 0) is 12.8 Å². The van der Waals surface area contributed by atoms with Gasteiger partial charge >= 0.3 is 0 Å². The highest BCUT2D eigenvalue weighted by Gasteiger charge is 2.21. The van der Waals surface area contributed by atoms with E-state index in [-0.39, 0.29) is 0 Å². The number of methoxy groups -OCH3 is 1. The molecule has 4 nitrogen and oxygen atoms in total. The number of rotatable bonds is 4. The van der Waals surface area contributed by atoms with E-state index in [1.807, 2.05) is 12.1 Å². The molecule has 0 radical (unpaired) electrons. The molecule has 1 aromatic heterocycles. The quantitative estimate of drug-likeness (QED) is 0.943. The summed E-state index contributed by atoms with van der Waals surface area (Å²) < 4.78 is 10.9. The summed E-state index contributed by atoms with van der Waals surface area (Å²) in [6, 6.07) is 5.53. The van der Waals surface area contributed by atoms with Gasteiger partial charge in [-0.05, 0) is 29.3 Å². The van der Waals surface area contributed by atoms with E-state index >= 15 is 0 Å². The fraction of sp³-hybridized carbons (Fsp3) is 0.312. The van der Waals surface area contributed by atoms with Crippen LogP contribution in [0.2, 0.25) is 5.02 Å². The minimum atomic E-state index is -0.699. The highest BCUT2D eigenvalue weighted by molar-refractivity contribution is 6.30. The summed E-state index contributed by atoms with van der Waals surface area (Å²) in [7, 11) is 1.56. The first kappa shape index (κ1) is 14.2. The Labute approximate surface area is 128 Å². The number of ether oxygens (including phenoxy) is 2. The van der Waals surface area contributed by atoms with Crippen molar-refractivity contribution in [3.8, 4) is 11.5 Å². The normalized spacial score (nSPS) is 14.4. The Morgan fingerprint density at radius 3 is 3.14 bits per heavy atom. The van der Waals surface area contributed by atoms with E-state index in [4.69, 9.17) is 21.1 Å². The van der Waals surface area contributed by atoms with Crippen LogP contribution in [0.25, 0.3) is 0 Å². The van der Waals surface area contributed by atoms with Crippen molar-refractivity contribution < 1.29 is 14.6 Å². The lowest BCUT2D eigenvalue weighted by molar-refractivity contribution is 0.172. The summed E-state index contributed by atoms with van der Waals surface area (Å²) in [6.45, 7) is 0.664. The van der Waals surface area contributed by atoms with Crippen molar-refractivity contribution in [1.82, 2.24) is 4.98 Å². The molecule has 2 aromatic rings. The molecule has 0 spiro atoms. The van der Waals surface area contributed by atoms with Crippen LogP contribution < -0.4 is 9.47 Å². The molecule has 110 valence electrons. The van der Waals surface area contributed by atoms with Gasteiger partial charge in [0.2, 0.25) is 0 Å². The Kier molecular flexibility index (Phi) is 3.99. The lowest BCUT2D eigenvalue weighted by Crippen LogP contribution is -2.05. The second-order valence-electron chi connectivity index (χ2n) is 4.99. The molecular weight excluding hydrogens is 290 g/mol. The van der Waals surface area contributed by atoms with Crippen LogP contribution in [0.5, 0.6) is 11.5 Å². The fourth-order valence-corrected chi connectivity index (χ4v) is 2.92. The third-order valence-corrected chi connectivity index (χ3v) is 3.85. The molecule has 1 aromatic carbocycles. The standard InChI is InChI=1S/C16H16ClNO3/c1-20-15-9-18-4-2-13(15)14(19)8-11-7-12(17)6-10-3-5-21-16(10)11/h2,4,6-7,9,14,19H,3,5,8H2,1H3. The van der Waals surface area contributed by atoms with Gasteiger partial charge in [0, 0.05) is 29.6 Å². The highest BCUT2D eigenvalue weighted by Crippen LogP contribution is 2.36. The van der Waals surface area contributed by atoms with Crippen molar-refractivity contribution in [2.24, 2.45) is 0 Å². The summed E-state index contributed by atoms with van der Waals surface area (Å²) in [5, 5.41) is 11.2. The molecule has 0 fully saturated rings. The molecule has 1 aliphatic heterocycles. The van der Waals surface area contributed by atoms with Gasteiger partial charge in [-0.1, -0.05) is 11.6 Å². The van der Waals surface area contributed by atoms with Crippen LogP contribution in [0.3, 0.4) is 0 Å². The lowest BCUT2D eigenvalue weighted by Gasteiger charge is -2.16. The van der Waals surface area contributed by atoms with E-state index in [2.05, 4.69) is 4.98 Å². The second kappa shape index (κ2) is 5.92. The summed E-state index contributed by atoms with van der Waals surface area (Å²) in [4.78, 5) is 4.00. The molecule has 2 heterocycles. The predicted octanol–water partition coefficient (Wildman–Crippen LogP) is 2.95. The van der Waals surface area contributed by atoms with Crippen LogP contribution in [0.4, 0.5) is 0 Å².